The second-order valence-electron chi connectivity index (χ2n) is 5.49. The van der Waals surface area contributed by atoms with Gasteiger partial charge in [0.05, 0.1) is 5.56 Å². The van der Waals surface area contributed by atoms with Crippen LogP contribution in [-0.2, 0) is 13.0 Å². The minimum absolute atomic E-state index is 0.0962. The maximum atomic E-state index is 12.6. The van der Waals surface area contributed by atoms with E-state index < -0.39 is 0 Å². The fourth-order valence-electron chi connectivity index (χ4n) is 2.94. The minimum Gasteiger partial charge on any atom is -0.361 e. The van der Waals surface area contributed by atoms with Crippen molar-refractivity contribution in [3.8, 4) is 0 Å². The first-order valence-electron chi connectivity index (χ1n) is 7.36. The van der Waals surface area contributed by atoms with Gasteiger partial charge in [-0.3, -0.25) is 9.78 Å². The van der Waals surface area contributed by atoms with E-state index in [9.17, 15) is 4.79 Å². The van der Waals surface area contributed by atoms with E-state index in [0.29, 0.717) is 5.56 Å². The molecule has 4 rings (SSSR count). The van der Waals surface area contributed by atoms with E-state index in [0.717, 1.165) is 47.2 Å². The lowest BCUT2D eigenvalue weighted by molar-refractivity contribution is 0.102. The molecule has 1 aromatic carbocycles. The van der Waals surface area contributed by atoms with Crippen molar-refractivity contribution in [2.45, 2.75) is 13.0 Å². The number of benzene rings is 1. The Kier molecular flexibility index (Phi) is 3.12. The first kappa shape index (κ1) is 13.0. The highest BCUT2D eigenvalue weighted by Crippen LogP contribution is 2.21. The van der Waals surface area contributed by atoms with Crippen molar-refractivity contribution in [3.05, 3.63) is 59.5 Å². The molecule has 1 aliphatic heterocycles. The number of nitrogens with one attached hydrogen (secondary N) is 3. The third-order valence-electron chi connectivity index (χ3n) is 4.07. The third kappa shape index (κ3) is 2.25. The summed E-state index contributed by atoms with van der Waals surface area (Å²) in [6, 6.07) is 7.82. The number of anilines is 1. The fraction of sp³-hybridized carbons (Fsp3) is 0.176. The molecule has 0 fully saturated rings. The number of aromatic nitrogens is 2. The van der Waals surface area contributed by atoms with Crippen LogP contribution in [0.4, 0.5) is 5.69 Å². The van der Waals surface area contributed by atoms with Crippen LogP contribution in [0.3, 0.4) is 0 Å². The molecular weight excluding hydrogens is 276 g/mol. The molecule has 22 heavy (non-hydrogen) atoms. The van der Waals surface area contributed by atoms with Gasteiger partial charge in [-0.1, -0.05) is 0 Å². The van der Waals surface area contributed by atoms with Crippen LogP contribution in [0.2, 0.25) is 0 Å². The fourth-order valence-corrected chi connectivity index (χ4v) is 2.94. The summed E-state index contributed by atoms with van der Waals surface area (Å²) in [6.45, 7) is 1.67. The number of carbonyl (C=O) groups excluding carboxylic acids is 1. The molecule has 3 N–H and O–H groups in total. The van der Waals surface area contributed by atoms with Crippen molar-refractivity contribution in [2.75, 3.05) is 11.9 Å². The smallest absolute Gasteiger partial charge is 0.257 e. The SMILES string of the molecule is O=C(Nc1ccc2[nH]ccc2c1)c1cncc2c1CCNC2. The number of fused-ring (bicyclic) bond motifs is 2. The first-order valence-corrected chi connectivity index (χ1v) is 7.36. The molecule has 0 aliphatic carbocycles. The highest BCUT2D eigenvalue weighted by molar-refractivity contribution is 6.06. The Morgan fingerprint density at radius 1 is 1.23 bits per heavy atom. The van der Waals surface area contributed by atoms with Gasteiger partial charge in [-0.2, -0.15) is 0 Å². The third-order valence-corrected chi connectivity index (χ3v) is 4.07. The van der Waals surface area contributed by atoms with Crippen LogP contribution in [0.15, 0.2) is 42.9 Å². The molecule has 0 saturated heterocycles. The largest absolute Gasteiger partial charge is 0.361 e. The van der Waals surface area contributed by atoms with Crippen LogP contribution >= 0.6 is 0 Å². The Hall–Kier alpha value is -2.66. The summed E-state index contributed by atoms with van der Waals surface area (Å²) in [5.74, 6) is -0.0962. The predicted molar refractivity (Wildman–Crippen MR) is 85.9 cm³/mol. The number of hydrogen-bond donors (Lipinski definition) is 3. The lowest BCUT2D eigenvalue weighted by Crippen LogP contribution is -2.27. The number of H-pyrrole nitrogens is 1. The number of nitrogens with zero attached hydrogens (tertiary/aromatic N) is 1. The molecule has 1 aliphatic rings. The van der Waals surface area contributed by atoms with Gasteiger partial charge in [-0.15, -0.1) is 0 Å². The van der Waals surface area contributed by atoms with E-state index >= 15 is 0 Å². The van der Waals surface area contributed by atoms with Gasteiger partial charge in [-0.05, 0) is 48.4 Å². The number of amides is 1. The normalized spacial score (nSPS) is 13.8. The Bertz CT molecular complexity index is 853. The number of pyridine rings is 1. The van der Waals surface area contributed by atoms with Gasteiger partial charge in [0.2, 0.25) is 0 Å². The summed E-state index contributed by atoms with van der Waals surface area (Å²) in [4.78, 5) is 19.9. The zero-order chi connectivity index (χ0) is 14.9. The van der Waals surface area contributed by atoms with Crippen LogP contribution in [-0.4, -0.2) is 22.4 Å². The lowest BCUT2D eigenvalue weighted by Gasteiger charge is -2.19. The Morgan fingerprint density at radius 2 is 2.18 bits per heavy atom. The molecule has 110 valence electrons. The highest BCUT2D eigenvalue weighted by atomic mass is 16.1. The first-order chi connectivity index (χ1) is 10.8. The number of aromatic amines is 1. The second kappa shape index (κ2) is 5.27. The summed E-state index contributed by atoms with van der Waals surface area (Å²) in [5.41, 5.74) is 4.74. The zero-order valence-electron chi connectivity index (χ0n) is 12.0. The van der Waals surface area contributed by atoms with Crippen LogP contribution < -0.4 is 10.6 Å². The van der Waals surface area contributed by atoms with E-state index in [1.165, 1.54) is 0 Å². The van der Waals surface area contributed by atoms with Crippen molar-refractivity contribution < 1.29 is 4.79 Å². The average Bonchev–Trinajstić information content (AvgIpc) is 3.02. The summed E-state index contributed by atoms with van der Waals surface area (Å²) < 4.78 is 0. The monoisotopic (exact) mass is 292 g/mol. The van der Waals surface area contributed by atoms with Crippen LogP contribution in [0.25, 0.3) is 10.9 Å². The quantitative estimate of drug-likeness (QED) is 0.679. The van der Waals surface area contributed by atoms with Crippen molar-refractivity contribution in [2.24, 2.45) is 0 Å². The van der Waals surface area contributed by atoms with Crippen LogP contribution in [0.1, 0.15) is 21.5 Å². The Morgan fingerprint density at radius 3 is 3.14 bits per heavy atom. The minimum atomic E-state index is -0.0962. The maximum Gasteiger partial charge on any atom is 0.257 e. The molecule has 0 atom stereocenters. The van der Waals surface area contributed by atoms with Gasteiger partial charge in [0.25, 0.3) is 5.91 Å². The summed E-state index contributed by atoms with van der Waals surface area (Å²) in [6.07, 6.45) is 6.25. The van der Waals surface area contributed by atoms with Crippen molar-refractivity contribution in [1.82, 2.24) is 15.3 Å². The standard InChI is InChI=1S/C17H16N4O/c22-17(15-10-19-9-12-8-18-5-4-14(12)15)21-13-1-2-16-11(7-13)3-6-20-16/h1-3,6-7,9-10,18,20H,4-5,8H2,(H,21,22). The van der Waals surface area contributed by atoms with Gasteiger partial charge >= 0.3 is 0 Å². The van der Waals surface area contributed by atoms with Crippen LogP contribution in [0, 0.1) is 0 Å². The molecule has 0 radical (unpaired) electrons. The van der Waals surface area contributed by atoms with Crippen molar-refractivity contribution >= 4 is 22.5 Å². The molecule has 0 bridgehead atoms. The number of rotatable bonds is 2. The number of hydrogen-bond acceptors (Lipinski definition) is 3. The molecule has 5 heteroatoms. The van der Waals surface area contributed by atoms with Crippen molar-refractivity contribution in [3.63, 3.8) is 0 Å². The molecule has 3 heterocycles. The molecule has 0 unspecified atom stereocenters. The summed E-state index contributed by atoms with van der Waals surface area (Å²) in [7, 11) is 0. The molecule has 2 aromatic heterocycles. The predicted octanol–water partition coefficient (Wildman–Crippen LogP) is 2.46. The van der Waals surface area contributed by atoms with Gasteiger partial charge in [0.1, 0.15) is 0 Å². The van der Waals surface area contributed by atoms with Gasteiger partial charge in [-0.25, -0.2) is 0 Å². The van der Waals surface area contributed by atoms with Crippen molar-refractivity contribution in [1.29, 1.82) is 0 Å². The van der Waals surface area contributed by atoms with E-state index in [1.807, 2.05) is 36.7 Å². The zero-order valence-corrected chi connectivity index (χ0v) is 12.0. The van der Waals surface area contributed by atoms with E-state index in [2.05, 4.69) is 20.6 Å². The molecule has 3 aromatic rings. The second-order valence-corrected chi connectivity index (χ2v) is 5.49. The molecule has 1 amide bonds. The van der Waals surface area contributed by atoms with Gasteiger partial charge < -0.3 is 15.6 Å². The number of carbonyl (C=O) groups is 1. The summed E-state index contributed by atoms with van der Waals surface area (Å²) in [5, 5.41) is 7.35. The topological polar surface area (TPSA) is 69.8 Å². The average molecular weight is 292 g/mol. The van der Waals surface area contributed by atoms with Gasteiger partial charge in [0, 0.05) is 41.7 Å². The highest BCUT2D eigenvalue weighted by Gasteiger charge is 2.18. The Labute approximate surface area is 127 Å². The molecule has 0 spiro atoms. The maximum absolute atomic E-state index is 12.6. The molecular formula is C17H16N4O. The van der Waals surface area contributed by atoms with Crippen LogP contribution in [0.5, 0.6) is 0 Å². The lowest BCUT2D eigenvalue weighted by atomic mass is 9.98. The molecule has 0 saturated carbocycles. The van der Waals surface area contributed by atoms with Gasteiger partial charge in [0.15, 0.2) is 0 Å². The molecule has 5 nitrogen and oxygen atoms in total. The Balaban J connectivity index is 1.64. The summed E-state index contributed by atoms with van der Waals surface area (Å²) >= 11 is 0. The van der Waals surface area contributed by atoms with E-state index in [-0.39, 0.29) is 5.91 Å². The van der Waals surface area contributed by atoms with E-state index in [4.69, 9.17) is 0 Å². The van der Waals surface area contributed by atoms with E-state index in [1.54, 1.807) is 6.20 Å².